The van der Waals surface area contributed by atoms with E-state index in [-0.39, 0.29) is 11.9 Å². The van der Waals surface area contributed by atoms with Gasteiger partial charge in [-0.2, -0.15) is 0 Å². The van der Waals surface area contributed by atoms with E-state index in [1.807, 2.05) is 0 Å². The Morgan fingerprint density at radius 1 is 1.21 bits per heavy atom. The summed E-state index contributed by atoms with van der Waals surface area (Å²) in [7, 11) is 1.63. The molecule has 84 valence electrons. The highest BCUT2D eigenvalue weighted by molar-refractivity contribution is 5.83. The molecule has 0 aliphatic carbocycles. The van der Waals surface area contributed by atoms with Gasteiger partial charge in [-0.15, -0.1) is 0 Å². The summed E-state index contributed by atoms with van der Waals surface area (Å²) in [6, 6.07) is 0. The Morgan fingerprint density at radius 2 is 1.79 bits per heavy atom. The Labute approximate surface area is 88.0 Å². The molecule has 0 fully saturated rings. The second-order valence-electron chi connectivity index (χ2n) is 3.87. The number of hydrogen-bond donors (Lipinski definition) is 0. The molecule has 0 radical (unpaired) electrons. The molecule has 0 aromatic carbocycles. The number of ketones is 1. The van der Waals surface area contributed by atoms with Crippen LogP contribution in [-0.2, 0) is 9.53 Å². The number of ether oxygens (including phenoxy) is 1. The zero-order valence-corrected chi connectivity index (χ0v) is 10.0. The van der Waals surface area contributed by atoms with Gasteiger partial charge in [-0.3, -0.25) is 4.79 Å². The van der Waals surface area contributed by atoms with Crippen molar-refractivity contribution in [3.8, 4) is 0 Å². The molecule has 0 aliphatic heterocycles. The van der Waals surface area contributed by atoms with Crippen LogP contribution in [0.1, 0.15) is 52.9 Å². The number of carbonyl (C=O) groups excluding carboxylic acids is 1. The third kappa shape index (κ3) is 4.75. The quantitative estimate of drug-likeness (QED) is 0.601. The average Bonchev–Trinajstić information content (AvgIpc) is 2.22. The summed E-state index contributed by atoms with van der Waals surface area (Å²) in [5.74, 6) is 0.819. The van der Waals surface area contributed by atoms with Crippen LogP contribution in [0.5, 0.6) is 0 Å². The Hall–Kier alpha value is -0.370. The Bertz CT molecular complexity index is 150. The third-order valence-electron chi connectivity index (χ3n) is 2.84. The minimum Gasteiger partial charge on any atom is -0.374 e. The standard InChI is InChI=1S/C12H24O2/c1-5-8-12(14-4)11(13)9-10(6-2)7-3/h10,12H,5-9H2,1-4H3. The summed E-state index contributed by atoms with van der Waals surface area (Å²) in [5, 5.41) is 0. The van der Waals surface area contributed by atoms with Gasteiger partial charge >= 0.3 is 0 Å². The molecule has 0 spiro atoms. The highest BCUT2D eigenvalue weighted by Gasteiger charge is 2.19. The minimum atomic E-state index is -0.166. The molecule has 14 heavy (non-hydrogen) atoms. The van der Waals surface area contributed by atoms with Crippen LogP contribution in [0, 0.1) is 5.92 Å². The van der Waals surface area contributed by atoms with Gasteiger partial charge in [0.05, 0.1) is 0 Å². The summed E-state index contributed by atoms with van der Waals surface area (Å²) in [5.41, 5.74) is 0. The molecule has 0 saturated carbocycles. The van der Waals surface area contributed by atoms with Crippen LogP contribution in [0.4, 0.5) is 0 Å². The van der Waals surface area contributed by atoms with Crippen molar-refractivity contribution in [3.63, 3.8) is 0 Å². The summed E-state index contributed by atoms with van der Waals surface area (Å²) in [6.45, 7) is 6.36. The molecular formula is C12H24O2. The van der Waals surface area contributed by atoms with E-state index < -0.39 is 0 Å². The SMILES string of the molecule is CCCC(OC)C(=O)CC(CC)CC. The maximum absolute atomic E-state index is 11.8. The lowest BCUT2D eigenvalue weighted by molar-refractivity contribution is -0.130. The van der Waals surface area contributed by atoms with Crippen LogP contribution in [0.3, 0.4) is 0 Å². The second-order valence-corrected chi connectivity index (χ2v) is 3.87. The second kappa shape index (κ2) is 7.98. The van der Waals surface area contributed by atoms with Gasteiger partial charge in [-0.25, -0.2) is 0 Å². The Balaban J connectivity index is 4.01. The normalized spacial score (nSPS) is 13.2. The highest BCUT2D eigenvalue weighted by atomic mass is 16.5. The van der Waals surface area contributed by atoms with Gasteiger partial charge in [-0.1, -0.05) is 40.0 Å². The number of carbonyl (C=O) groups is 1. The lowest BCUT2D eigenvalue weighted by Gasteiger charge is -2.16. The lowest BCUT2D eigenvalue weighted by Crippen LogP contribution is -2.24. The fraction of sp³-hybridized carbons (Fsp3) is 0.917. The fourth-order valence-corrected chi connectivity index (χ4v) is 1.67. The molecule has 0 aliphatic rings. The van der Waals surface area contributed by atoms with E-state index in [1.165, 1.54) is 0 Å². The van der Waals surface area contributed by atoms with Crippen LogP contribution >= 0.6 is 0 Å². The van der Waals surface area contributed by atoms with E-state index in [1.54, 1.807) is 7.11 Å². The molecule has 0 bridgehead atoms. The van der Waals surface area contributed by atoms with Gasteiger partial charge in [0.25, 0.3) is 0 Å². The van der Waals surface area contributed by atoms with Crippen molar-refractivity contribution in [1.82, 2.24) is 0 Å². The lowest BCUT2D eigenvalue weighted by atomic mass is 9.94. The first-order valence-corrected chi connectivity index (χ1v) is 5.74. The van der Waals surface area contributed by atoms with Crippen molar-refractivity contribution in [3.05, 3.63) is 0 Å². The summed E-state index contributed by atoms with van der Waals surface area (Å²) in [6.07, 6.45) is 4.56. The number of rotatable bonds is 8. The van der Waals surface area contributed by atoms with Crippen molar-refractivity contribution in [2.75, 3.05) is 7.11 Å². The van der Waals surface area contributed by atoms with Gasteiger partial charge in [0.1, 0.15) is 6.10 Å². The molecule has 2 heteroatoms. The predicted molar refractivity (Wildman–Crippen MR) is 59.4 cm³/mol. The molecule has 0 heterocycles. The molecule has 1 unspecified atom stereocenters. The van der Waals surface area contributed by atoms with Gasteiger partial charge in [-0.05, 0) is 12.3 Å². The monoisotopic (exact) mass is 200 g/mol. The molecule has 0 amide bonds. The van der Waals surface area contributed by atoms with E-state index in [0.29, 0.717) is 12.3 Å². The van der Waals surface area contributed by atoms with Crippen molar-refractivity contribution in [1.29, 1.82) is 0 Å². The Morgan fingerprint density at radius 3 is 2.14 bits per heavy atom. The van der Waals surface area contributed by atoms with Gasteiger partial charge in [0, 0.05) is 13.5 Å². The summed E-state index contributed by atoms with van der Waals surface area (Å²) < 4.78 is 5.19. The molecule has 0 rings (SSSR count). The van der Waals surface area contributed by atoms with Crippen molar-refractivity contribution >= 4 is 5.78 Å². The van der Waals surface area contributed by atoms with Crippen LogP contribution in [0.25, 0.3) is 0 Å². The fourth-order valence-electron chi connectivity index (χ4n) is 1.67. The summed E-state index contributed by atoms with van der Waals surface area (Å²) >= 11 is 0. The van der Waals surface area contributed by atoms with Crippen molar-refractivity contribution in [2.24, 2.45) is 5.92 Å². The molecular weight excluding hydrogens is 176 g/mol. The maximum Gasteiger partial charge on any atom is 0.161 e. The number of hydrogen-bond acceptors (Lipinski definition) is 2. The molecule has 0 aromatic rings. The zero-order valence-electron chi connectivity index (χ0n) is 10.0. The first kappa shape index (κ1) is 13.6. The largest absolute Gasteiger partial charge is 0.374 e. The smallest absolute Gasteiger partial charge is 0.161 e. The molecule has 0 saturated heterocycles. The molecule has 0 N–H and O–H groups in total. The zero-order chi connectivity index (χ0) is 11.0. The van der Waals surface area contributed by atoms with Crippen molar-refractivity contribution < 1.29 is 9.53 Å². The molecule has 0 aromatic heterocycles. The first-order valence-electron chi connectivity index (χ1n) is 5.74. The average molecular weight is 200 g/mol. The highest BCUT2D eigenvalue weighted by Crippen LogP contribution is 2.16. The van der Waals surface area contributed by atoms with Gasteiger partial charge in [0.2, 0.25) is 0 Å². The number of Topliss-reactive ketones (excluding diaryl/α,β-unsaturated/α-hetero) is 1. The maximum atomic E-state index is 11.8. The van der Waals surface area contributed by atoms with E-state index in [9.17, 15) is 4.79 Å². The van der Waals surface area contributed by atoms with Crippen LogP contribution in [0.2, 0.25) is 0 Å². The summed E-state index contributed by atoms with van der Waals surface area (Å²) in [4.78, 5) is 11.8. The topological polar surface area (TPSA) is 26.3 Å². The van der Waals surface area contributed by atoms with E-state index in [4.69, 9.17) is 4.74 Å². The van der Waals surface area contributed by atoms with Crippen LogP contribution in [0.15, 0.2) is 0 Å². The minimum absolute atomic E-state index is 0.166. The van der Waals surface area contributed by atoms with E-state index in [0.717, 1.165) is 25.7 Å². The van der Waals surface area contributed by atoms with Gasteiger partial charge < -0.3 is 4.74 Å². The van der Waals surface area contributed by atoms with Crippen LogP contribution < -0.4 is 0 Å². The first-order chi connectivity index (χ1) is 6.69. The van der Waals surface area contributed by atoms with Crippen LogP contribution in [-0.4, -0.2) is 19.0 Å². The molecule has 2 nitrogen and oxygen atoms in total. The van der Waals surface area contributed by atoms with Gasteiger partial charge in [0.15, 0.2) is 5.78 Å². The predicted octanol–water partition coefficient (Wildman–Crippen LogP) is 3.20. The number of methoxy groups -OCH3 is 1. The molecule has 1 atom stereocenters. The van der Waals surface area contributed by atoms with E-state index >= 15 is 0 Å². The third-order valence-corrected chi connectivity index (χ3v) is 2.84. The van der Waals surface area contributed by atoms with Crippen molar-refractivity contribution in [2.45, 2.75) is 59.0 Å². The van der Waals surface area contributed by atoms with E-state index in [2.05, 4.69) is 20.8 Å². The Kier molecular flexibility index (Phi) is 7.77.